The standard InChI is InChI=1S/C30H32N4O6/c1-29(2,3)33-28(38)40-30(15-16-34(26(30)36)17-24-25(35)32-27(37)31-24)21-11-13-22(14-12-21)39-18-20-9-6-8-19-7-4-5-10-23(19)20/h4-14,35H,15-18H2,1-3H3,(H,33,38)(H2,31,32,37). The lowest BCUT2D eigenvalue weighted by Gasteiger charge is -2.30. The summed E-state index contributed by atoms with van der Waals surface area (Å²) >= 11 is 0. The summed E-state index contributed by atoms with van der Waals surface area (Å²) in [5, 5.41) is 15.0. The molecule has 0 aliphatic carbocycles. The highest BCUT2D eigenvalue weighted by Gasteiger charge is 2.52. The second kappa shape index (κ2) is 10.4. The summed E-state index contributed by atoms with van der Waals surface area (Å²) < 4.78 is 11.9. The lowest BCUT2D eigenvalue weighted by molar-refractivity contribution is -0.145. The largest absolute Gasteiger partial charge is 0.493 e. The molecule has 208 valence electrons. The molecule has 1 atom stereocenters. The van der Waals surface area contributed by atoms with E-state index in [2.05, 4.69) is 33.5 Å². The molecule has 4 N–H and O–H groups in total. The Hall–Kier alpha value is -4.73. The Morgan fingerprint density at radius 1 is 1.02 bits per heavy atom. The van der Waals surface area contributed by atoms with E-state index in [1.165, 1.54) is 4.90 Å². The van der Waals surface area contributed by atoms with E-state index < -0.39 is 28.8 Å². The normalized spacial score (nSPS) is 17.3. The maximum absolute atomic E-state index is 13.8. The number of aromatic amines is 2. The van der Waals surface area contributed by atoms with Gasteiger partial charge in [0.25, 0.3) is 5.91 Å². The third-order valence-electron chi connectivity index (χ3n) is 6.84. The second-order valence-corrected chi connectivity index (χ2v) is 10.9. The van der Waals surface area contributed by atoms with Gasteiger partial charge in [0.1, 0.15) is 12.4 Å². The Labute approximate surface area is 230 Å². The van der Waals surface area contributed by atoms with Gasteiger partial charge in [-0.3, -0.25) is 9.78 Å². The quantitative estimate of drug-likeness (QED) is 0.274. The van der Waals surface area contributed by atoms with Gasteiger partial charge in [0, 0.05) is 24.1 Å². The summed E-state index contributed by atoms with van der Waals surface area (Å²) in [5.41, 5.74) is -1.02. The maximum atomic E-state index is 13.8. The van der Waals surface area contributed by atoms with Crippen LogP contribution in [-0.2, 0) is 28.3 Å². The number of amides is 2. The molecule has 2 heterocycles. The molecule has 0 saturated carbocycles. The zero-order valence-corrected chi connectivity index (χ0v) is 22.6. The molecule has 10 nitrogen and oxygen atoms in total. The van der Waals surface area contributed by atoms with E-state index in [1.54, 1.807) is 24.3 Å². The van der Waals surface area contributed by atoms with Gasteiger partial charge in [-0.1, -0.05) is 54.6 Å². The number of hydrogen-bond acceptors (Lipinski definition) is 6. The van der Waals surface area contributed by atoms with Gasteiger partial charge in [-0.25, -0.2) is 9.59 Å². The molecule has 1 unspecified atom stereocenters. The molecule has 10 heteroatoms. The first kappa shape index (κ1) is 26.9. The minimum absolute atomic E-state index is 0.0539. The third kappa shape index (κ3) is 5.51. The minimum Gasteiger partial charge on any atom is -0.493 e. The van der Waals surface area contributed by atoms with Crippen molar-refractivity contribution in [2.75, 3.05) is 6.54 Å². The van der Waals surface area contributed by atoms with Crippen molar-refractivity contribution in [1.82, 2.24) is 20.2 Å². The van der Waals surface area contributed by atoms with E-state index in [0.29, 0.717) is 17.9 Å². The van der Waals surface area contributed by atoms with Crippen LogP contribution in [0.15, 0.2) is 71.5 Å². The molecule has 1 aliphatic rings. The van der Waals surface area contributed by atoms with Crippen molar-refractivity contribution in [3.63, 3.8) is 0 Å². The van der Waals surface area contributed by atoms with Crippen molar-refractivity contribution < 1.29 is 24.2 Å². The van der Waals surface area contributed by atoms with Crippen LogP contribution < -0.4 is 15.7 Å². The highest BCUT2D eigenvalue weighted by molar-refractivity contribution is 5.91. The number of carbonyl (C=O) groups excluding carboxylic acids is 2. The fraction of sp³-hybridized carbons (Fsp3) is 0.300. The van der Waals surface area contributed by atoms with Crippen LogP contribution in [-0.4, -0.2) is 44.1 Å². The zero-order chi connectivity index (χ0) is 28.5. The second-order valence-electron chi connectivity index (χ2n) is 10.9. The van der Waals surface area contributed by atoms with Crippen LogP contribution in [0.3, 0.4) is 0 Å². The number of aromatic nitrogens is 2. The fourth-order valence-corrected chi connectivity index (χ4v) is 4.93. The molecular weight excluding hydrogens is 512 g/mol. The molecule has 1 aliphatic heterocycles. The minimum atomic E-state index is -1.59. The molecule has 1 aromatic heterocycles. The number of ether oxygens (including phenoxy) is 2. The molecule has 1 fully saturated rings. The third-order valence-corrected chi connectivity index (χ3v) is 6.84. The number of alkyl carbamates (subject to hydrolysis) is 1. The van der Waals surface area contributed by atoms with Crippen LogP contribution >= 0.6 is 0 Å². The molecule has 4 aromatic rings. The van der Waals surface area contributed by atoms with Crippen LogP contribution in [0.1, 0.15) is 44.0 Å². The summed E-state index contributed by atoms with van der Waals surface area (Å²) in [5.74, 6) is -0.195. The monoisotopic (exact) mass is 544 g/mol. The molecule has 5 rings (SSSR count). The highest BCUT2D eigenvalue weighted by atomic mass is 16.6. The van der Waals surface area contributed by atoms with Gasteiger partial charge in [0.05, 0.1) is 12.2 Å². The van der Waals surface area contributed by atoms with Crippen LogP contribution in [0.4, 0.5) is 4.79 Å². The highest BCUT2D eigenvalue weighted by Crippen LogP contribution is 2.39. The van der Waals surface area contributed by atoms with E-state index in [-0.39, 0.29) is 31.1 Å². The van der Waals surface area contributed by atoms with Crippen molar-refractivity contribution >= 4 is 22.8 Å². The smallest absolute Gasteiger partial charge is 0.408 e. The predicted molar refractivity (Wildman–Crippen MR) is 149 cm³/mol. The van der Waals surface area contributed by atoms with E-state index in [0.717, 1.165) is 16.3 Å². The SMILES string of the molecule is CC(C)(C)NC(=O)OC1(c2ccc(OCc3cccc4ccccc34)cc2)CCN(Cc2[nH]c(=O)[nH]c2O)C1=O. The number of imidazole rings is 1. The number of fused-ring (bicyclic) bond motifs is 1. The molecule has 0 spiro atoms. The Balaban J connectivity index is 1.38. The number of benzene rings is 3. The van der Waals surface area contributed by atoms with Crippen molar-refractivity contribution in [2.45, 2.75) is 51.5 Å². The number of nitrogens with zero attached hydrogens (tertiary/aromatic N) is 1. The molecule has 0 radical (unpaired) electrons. The number of nitrogens with one attached hydrogen (secondary N) is 3. The van der Waals surface area contributed by atoms with Crippen molar-refractivity contribution in [3.05, 3.63) is 94.0 Å². The van der Waals surface area contributed by atoms with E-state index in [9.17, 15) is 19.5 Å². The van der Waals surface area contributed by atoms with Crippen LogP contribution in [0.5, 0.6) is 11.6 Å². The average Bonchev–Trinajstić information content (AvgIpc) is 3.39. The number of rotatable bonds is 7. The van der Waals surface area contributed by atoms with E-state index >= 15 is 0 Å². The molecule has 2 amide bonds. The van der Waals surface area contributed by atoms with Crippen LogP contribution in [0.2, 0.25) is 0 Å². The summed E-state index contributed by atoms with van der Waals surface area (Å²) in [6.07, 6.45) is -0.536. The predicted octanol–water partition coefficient (Wildman–Crippen LogP) is 4.29. The molecule has 40 heavy (non-hydrogen) atoms. The Kier molecular flexibility index (Phi) is 7.01. The van der Waals surface area contributed by atoms with Gasteiger partial charge in [0.15, 0.2) is 0 Å². The zero-order valence-electron chi connectivity index (χ0n) is 22.6. The number of aromatic hydroxyl groups is 1. The Morgan fingerprint density at radius 3 is 2.45 bits per heavy atom. The van der Waals surface area contributed by atoms with Gasteiger partial charge in [-0.05, 0) is 49.2 Å². The Morgan fingerprint density at radius 2 is 1.75 bits per heavy atom. The van der Waals surface area contributed by atoms with E-state index in [4.69, 9.17) is 9.47 Å². The van der Waals surface area contributed by atoms with Crippen molar-refractivity contribution in [1.29, 1.82) is 0 Å². The van der Waals surface area contributed by atoms with Gasteiger partial charge < -0.3 is 29.8 Å². The first-order valence-corrected chi connectivity index (χ1v) is 13.0. The first-order chi connectivity index (χ1) is 19.0. The molecule has 3 aromatic carbocycles. The first-order valence-electron chi connectivity index (χ1n) is 13.0. The van der Waals surface area contributed by atoms with Crippen LogP contribution in [0.25, 0.3) is 10.8 Å². The topological polar surface area (TPSA) is 137 Å². The number of H-pyrrole nitrogens is 2. The van der Waals surface area contributed by atoms with Gasteiger partial charge in [-0.15, -0.1) is 0 Å². The maximum Gasteiger partial charge on any atom is 0.408 e. The Bertz CT molecular complexity index is 1600. The van der Waals surface area contributed by atoms with E-state index in [1.807, 2.05) is 45.0 Å². The lowest BCUT2D eigenvalue weighted by Crippen LogP contribution is -2.48. The number of carbonyl (C=O) groups is 2. The summed E-state index contributed by atoms with van der Waals surface area (Å²) in [6, 6.07) is 21.1. The van der Waals surface area contributed by atoms with Gasteiger partial charge in [-0.2, -0.15) is 0 Å². The van der Waals surface area contributed by atoms with Crippen molar-refractivity contribution in [2.24, 2.45) is 0 Å². The van der Waals surface area contributed by atoms with Gasteiger partial charge >= 0.3 is 11.8 Å². The fourth-order valence-electron chi connectivity index (χ4n) is 4.93. The molecular formula is C30H32N4O6. The van der Waals surface area contributed by atoms with Gasteiger partial charge in [0.2, 0.25) is 11.5 Å². The number of hydrogen-bond donors (Lipinski definition) is 4. The summed E-state index contributed by atoms with van der Waals surface area (Å²) in [7, 11) is 0. The summed E-state index contributed by atoms with van der Waals surface area (Å²) in [6.45, 7) is 6.00. The summed E-state index contributed by atoms with van der Waals surface area (Å²) in [4.78, 5) is 44.4. The average molecular weight is 545 g/mol. The lowest BCUT2D eigenvalue weighted by atomic mass is 9.91. The van der Waals surface area contributed by atoms with Crippen LogP contribution in [0, 0.1) is 0 Å². The van der Waals surface area contributed by atoms with Crippen molar-refractivity contribution in [3.8, 4) is 11.6 Å². The number of likely N-dealkylation sites (tertiary alicyclic amines) is 1. The molecule has 1 saturated heterocycles. The molecule has 0 bridgehead atoms.